The summed E-state index contributed by atoms with van der Waals surface area (Å²) in [6.07, 6.45) is 0. The molecule has 0 aromatic carbocycles. The third-order valence-electron chi connectivity index (χ3n) is 2.70. The van der Waals surface area contributed by atoms with E-state index in [0.29, 0.717) is 0 Å². The summed E-state index contributed by atoms with van der Waals surface area (Å²) in [6.45, 7) is 9.12. The van der Waals surface area contributed by atoms with Crippen LogP contribution in [0.3, 0.4) is 0 Å². The van der Waals surface area contributed by atoms with Crippen LogP contribution in [-0.2, 0) is 13.1 Å². The topological polar surface area (TPSA) is 29.9 Å². The fraction of sp³-hybridized carbons (Fsp3) is 0.462. The average Bonchev–Trinajstić information content (AvgIpc) is 2.81. The summed E-state index contributed by atoms with van der Waals surface area (Å²) in [5, 5.41) is 7.89. The van der Waals surface area contributed by atoms with Gasteiger partial charge in [0.2, 0.25) is 0 Å². The van der Waals surface area contributed by atoms with E-state index in [2.05, 4.69) is 47.1 Å². The minimum Gasteiger partial charge on any atom is -0.310 e. The van der Waals surface area contributed by atoms with Gasteiger partial charge in [0.25, 0.3) is 0 Å². The molecular formula is C13H19N3S. The van der Waals surface area contributed by atoms with E-state index in [9.17, 15) is 0 Å². The molecule has 0 aliphatic carbocycles. The highest BCUT2D eigenvalue weighted by Crippen LogP contribution is 2.14. The first kappa shape index (κ1) is 12.3. The van der Waals surface area contributed by atoms with Crippen LogP contribution in [0, 0.1) is 20.8 Å². The lowest BCUT2D eigenvalue weighted by Gasteiger charge is -2.05. The number of hydrogen-bond donors (Lipinski definition) is 1. The van der Waals surface area contributed by atoms with Crippen molar-refractivity contribution >= 4 is 11.3 Å². The highest BCUT2D eigenvalue weighted by atomic mass is 32.1. The van der Waals surface area contributed by atoms with Gasteiger partial charge in [0, 0.05) is 28.5 Å². The number of thiophene rings is 1. The average molecular weight is 249 g/mol. The zero-order valence-corrected chi connectivity index (χ0v) is 11.5. The predicted molar refractivity (Wildman–Crippen MR) is 72.5 cm³/mol. The van der Waals surface area contributed by atoms with Crippen LogP contribution in [0.15, 0.2) is 18.2 Å². The van der Waals surface area contributed by atoms with E-state index in [1.54, 1.807) is 0 Å². The largest absolute Gasteiger partial charge is 0.310 e. The maximum Gasteiger partial charge on any atom is 0.0596 e. The predicted octanol–water partition coefficient (Wildman–Crippen LogP) is 2.66. The Morgan fingerprint density at radius 3 is 2.71 bits per heavy atom. The molecule has 0 aliphatic rings. The van der Waals surface area contributed by atoms with Gasteiger partial charge in [-0.05, 0) is 39.0 Å². The van der Waals surface area contributed by atoms with Gasteiger partial charge in [-0.3, -0.25) is 4.68 Å². The van der Waals surface area contributed by atoms with Gasteiger partial charge >= 0.3 is 0 Å². The van der Waals surface area contributed by atoms with Crippen LogP contribution in [0.4, 0.5) is 0 Å². The lowest BCUT2D eigenvalue weighted by Crippen LogP contribution is -2.20. The van der Waals surface area contributed by atoms with Crippen molar-refractivity contribution in [1.29, 1.82) is 0 Å². The number of nitrogens with one attached hydrogen (secondary N) is 1. The Labute approximate surface area is 106 Å². The summed E-state index contributed by atoms with van der Waals surface area (Å²) in [5.41, 5.74) is 2.33. The number of aromatic nitrogens is 2. The van der Waals surface area contributed by atoms with Crippen molar-refractivity contribution in [3.63, 3.8) is 0 Å². The van der Waals surface area contributed by atoms with Gasteiger partial charge in [-0.2, -0.15) is 5.10 Å². The number of nitrogens with zero attached hydrogens (tertiary/aromatic N) is 2. The van der Waals surface area contributed by atoms with E-state index in [1.807, 2.05) is 18.3 Å². The molecule has 4 heteroatoms. The second-order valence-electron chi connectivity index (χ2n) is 4.34. The third kappa shape index (κ3) is 3.41. The summed E-state index contributed by atoms with van der Waals surface area (Å²) < 4.78 is 2.06. The van der Waals surface area contributed by atoms with Crippen molar-refractivity contribution in [1.82, 2.24) is 15.1 Å². The molecule has 0 unspecified atom stereocenters. The van der Waals surface area contributed by atoms with E-state index in [1.165, 1.54) is 15.4 Å². The molecule has 2 rings (SSSR count). The Balaban J connectivity index is 1.75. The van der Waals surface area contributed by atoms with Gasteiger partial charge in [0.1, 0.15) is 0 Å². The molecule has 0 spiro atoms. The first-order valence-electron chi connectivity index (χ1n) is 5.92. The molecule has 92 valence electrons. The molecular weight excluding hydrogens is 230 g/mol. The lowest BCUT2D eigenvalue weighted by atomic mass is 10.4. The smallest absolute Gasteiger partial charge is 0.0596 e. The molecule has 2 aromatic rings. The molecule has 0 aliphatic heterocycles. The molecule has 2 aromatic heterocycles. The van der Waals surface area contributed by atoms with Crippen molar-refractivity contribution < 1.29 is 0 Å². The second kappa shape index (κ2) is 5.47. The first-order valence-corrected chi connectivity index (χ1v) is 6.74. The highest BCUT2D eigenvalue weighted by Gasteiger charge is 2.00. The highest BCUT2D eigenvalue weighted by molar-refractivity contribution is 7.11. The Hall–Kier alpha value is -1.13. The maximum absolute atomic E-state index is 4.44. The van der Waals surface area contributed by atoms with Gasteiger partial charge in [-0.15, -0.1) is 11.3 Å². The zero-order chi connectivity index (χ0) is 12.3. The summed E-state index contributed by atoms with van der Waals surface area (Å²) in [6, 6.07) is 6.47. The fourth-order valence-electron chi connectivity index (χ4n) is 1.88. The van der Waals surface area contributed by atoms with Crippen molar-refractivity contribution in [2.24, 2.45) is 0 Å². The molecule has 0 fully saturated rings. The van der Waals surface area contributed by atoms with Crippen LogP contribution in [0.5, 0.6) is 0 Å². The Morgan fingerprint density at radius 2 is 2.12 bits per heavy atom. The van der Waals surface area contributed by atoms with Crippen molar-refractivity contribution in [2.75, 3.05) is 6.54 Å². The first-order chi connectivity index (χ1) is 8.15. The van der Waals surface area contributed by atoms with Gasteiger partial charge in [-0.25, -0.2) is 0 Å². The molecule has 1 N–H and O–H groups in total. The van der Waals surface area contributed by atoms with Gasteiger partial charge in [0.15, 0.2) is 0 Å². The van der Waals surface area contributed by atoms with Crippen molar-refractivity contribution in [3.8, 4) is 0 Å². The number of rotatable bonds is 5. The van der Waals surface area contributed by atoms with Crippen LogP contribution >= 0.6 is 11.3 Å². The molecule has 0 amide bonds. The van der Waals surface area contributed by atoms with Crippen LogP contribution < -0.4 is 5.32 Å². The van der Waals surface area contributed by atoms with E-state index in [-0.39, 0.29) is 0 Å². The normalized spacial score (nSPS) is 11.0. The van der Waals surface area contributed by atoms with Crippen LogP contribution in [0.1, 0.15) is 21.1 Å². The molecule has 0 saturated carbocycles. The lowest BCUT2D eigenvalue weighted by molar-refractivity contribution is 0.544. The third-order valence-corrected chi connectivity index (χ3v) is 3.70. The van der Waals surface area contributed by atoms with E-state index in [0.717, 1.165) is 25.3 Å². The Morgan fingerprint density at radius 1 is 1.29 bits per heavy atom. The standard InChI is InChI=1S/C13H19N3S/c1-10-8-11(2)16(15-10)7-6-14-9-13-5-4-12(3)17-13/h4-5,8,14H,6-7,9H2,1-3H3. The molecule has 0 atom stereocenters. The van der Waals surface area contributed by atoms with E-state index >= 15 is 0 Å². The SMILES string of the molecule is Cc1cc(C)n(CCNCc2ccc(C)s2)n1. The maximum atomic E-state index is 4.44. The van der Waals surface area contributed by atoms with E-state index in [4.69, 9.17) is 0 Å². The van der Waals surface area contributed by atoms with Crippen LogP contribution in [0.2, 0.25) is 0 Å². The van der Waals surface area contributed by atoms with Crippen LogP contribution in [0.25, 0.3) is 0 Å². The molecule has 3 nitrogen and oxygen atoms in total. The summed E-state index contributed by atoms with van der Waals surface area (Å²) in [7, 11) is 0. The minimum absolute atomic E-state index is 0.935. The summed E-state index contributed by atoms with van der Waals surface area (Å²) in [5.74, 6) is 0. The minimum atomic E-state index is 0.935. The number of aryl methyl sites for hydroxylation is 3. The quantitative estimate of drug-likeness (QED) is 0.826. The molecule has 17 heavy (non-hydrogen) atoms. The zero-order valence-electron chi connectivity index (χ0n) is 10.7. The molecule has 2 heterocycles. The summed E-state index contributed by atoms with van der Waals surface area (Å²) in [4.78, 5) is 2.77. The second-order valence-corrected chi connectivity index (χ2v) is 5.71. The van der Waals surface area contributed by atoms with E-state index < -0.39 is 0 Å². The van der Waals surface area contributed by atoms with Gasteiger partial charge in [-0.1, -0.05) is 0 Å². The van der Waals surface area contributed by atoms with Crippen molar-refractivity contribution in [3.05, 3.63) is 39.3 Å². The molecule has 0 radical (unpaired) electrons. The molecule has 0 bridgehead atoms. The monoisotopic (exact) mass is 249 g/mol. The summed E-state index contributed by atoms with van der Waals surface area (Å²) >= 11 is 1.86. The number of hydrogen-bond acceptors (Lipinski definition) is 3. The Kier molecular flexibility index (Phi) is 3.97. The van der Waals surface area contributed by atoms with Crippen molar-refractivity contribution in [2.45, 2.75) is 33.9 Å². The fourth-order valence-corrected chi connectivity index (χ4v) is 2.74. The molecule has 0 saturated heterocycles. The van der Waals surface area contributed by atoms with Gasteiger partial charge < -0.3 is 5.32 Å². The van der Waals surface area contributed by atoms with Gasteiger partial charge in [0.05, 0.1) is 12.2 Å². The Bertz CT molecular complexity index is 485. The van der Waals surface area contributed by atoms with Crippen LogP contribution in [-0.4, -0.2) is 16.3 Å².